The van der Waals surface area contributed by atoms with Crippen LogP contribution in [-0.4, -0.2) is 38.5 Å². The number of aromatic nitrogens is 3. The number of hydrogen-bond acceptors (Lipinski definition) is 4. The van der Waals surface area contributed by atoms with Crippen LogP contribution in [0.4, 0.5) is 0 Å². The SMILES string of the molecule is CCc1ccc(CCNC(=O)Cn2cc(C(=O)O)nn2)cc1. The molecule has 1 aromatic heterocycles. The van der Waals surface area contributed by atoms with Crippen molar-refractivity contribution in [1.82, 2.24) is 20.3 Å². The zero-order valence-corrected chi connectivity index (χ0v) is 12.3. The number of nitrogens with zero attached hydrogens (tertiary/aromatic N) is 3. The van der Waals surface area contributed by atoms with Crippen molar-refractivity contribution in [2.75, 3.05) is 6.54 Å². The molecule has 7 heteroatoms. The first kappa shape index (κ1) is 15.7. The van der Waals surface area contributed by atoms with E-state index in [1.165, 1.54) is 16.4 Å². The number of carbonyl (C=O) groups is 2. The van der Waals surface area contributed by atoms with Gasteiger partial charge in [-0.3, -0.25) is 4.79 Å². The average Bonchev–Trinajstić information content (AvgIpc) is 2.96. The number of hydrogen-bond donors (Lipinski definition) is 2. The van der Waals surface area contributed by atoms with E-state index in [0.717, 1.165) is 18.4 Å². The molecule has 0 saturated heterocycles. The van der Waals surface area contributed by atoms with Gasteiger partial charge in [0.1, 0.15) is 6.54 Å². The Hall–Kier alpha value is -2.70. The summed E-state index contributed by atoms with van der Waals surface area (Å²) >= 11 is 0. The number of carbonyl (C=O) groups excluding carboxylic acids is 1. The number of amides is 1. The Morgan fingerprint density at radius 1 is 1.23 bits per heavy atom. The van der Waals surface area contributed by atoms with Gasteiger partial charge < -0.3 is 10.4 Å². The van der Waals surface area contributed by atoms with Crippen LogP contribution in [0.5, 0.6) is 0 Å². The molecule has 7 nitrogen and oxygen atoms in total. The Balaban J connectivity index is 1.76. The number of rotatable bonds is 7. The first-order chi connectivity index (χ1) is 10.6. The van der Waals surface area contributed by atoms with Crippen LogP contribution in [0.1, 0.15) is 28.5 Å². The van der Waals surface area contributed by atoms with Gasteiger partial charge in [-0.25, -0.2) is 9.48 Å². The Kier molecular flexibility index (Phi) is 5.24. The number of aryl methyl sites for hydroxylation is 1. The lowest BCUT2D eigenvalue weighted by atomic mass is 10.1. The topological polar surface area (TPSA) is 97.1 Å². The van der Waals surface area contributed by atoms with Gasteiger partial charge >= 0.3 is 5.97 Å². The van der Waals surface area contributed by atoms with Crippen LogP contribution >= 0.6 is 0 Å². The molecule has 0 unspecified atom stereocenters. The monoisotopic (exact) mass is 302 g/mol. The summed E-state index contributed by atoms with van der Waals surface area (Å²) < 4.78 is 1.20. The van der Waals surface area contributed by atoms with E-state index in [9.17, 15) is 9.59 Å². The summed E-state index contributed by atoms with van der Waals surface area (Å²) in [6, 6.07) is 8.28. The molecule has 2 aromatic rings. The average molecular weight is 302 g/mol. The summed E-state index contributed by atoms with van der Waals surface area (Å²) in [7, 11) is 0. The van der Waals surface area contributed by atoms with Crippen molar-refractivity contribution in [3.63, 3.8) is 0 Å². The highest BCUT2D eigenvalue weighted by molar-refractivity contribution is 5.84. The van der Waals surface area contributed by atoms with Gasteiger partial charge in [0.15, 0.2) is 5.69 Å². The van der Waals surface area contributed by atoms with Gasteiger partial charge in [0.2, 0.25) is 5.91 Å². The van der Waals surface area contributed by atoms with Crippen LogP contribution < -0.4 is 5.32 Å². The Morgan fingerprint density at radius 3 is 2.50 bits per heavy atom. The summed E-state index contributed by atoms with van der Waals surface area (Å²) in [5.74, 6) is -1.39. The molecular formula is C15H18N4O3. The standard InChI is InChI=1S/C15H18N4O3/c1-2-11-3-5-12(6-4-11)7-8-16-14(20)10-19-9-13(15(21)22)17-18-19/h3-6,9H,2,7-8,10H2,1H3,(H,16,20)(H,21,22). The smallest absolute Gasteiger partial charge is 0.358 e. The fourth-order valence-electron chi connectivity index (χ4n) is 1.96. The predicted octanol–water partition coefficient (Wildman–Crippen LogP) is 0.898. The molecule has 0 aliphatic carbocycles. The van der Waals surface area contributed by atoms with Gasteiger partial charge in [-0.15, -0.1) is 5.10 Å². The second-order valence-corrected chi connectivity index (χ2v) is 4.88. The lowest BCUT2D eigenvalue weighted by molar-refractivity contribution is -0.121. The third-order valence-corrected chi connectivity index (χ3v) is 3.23. The van der Waals surface area contributed by atoms with Crippen LogP contribution in [0.3, 0.4) is 0 Å². The lowest BCUT2D eigenvalue weighted by Gasteiger charge is -2.06. The number of carboxylic acid groups (broad SMARTS) is 1. The summed E-state index contributed by atoms with van der Waals surface area (Å²) in [4.78, 5) is 22.4. The van der Waals surface area contributed by atoms with Crippen LogP contribution in [-0.2, 0) is 24.2 Å². The molecule has 22 heavy (non-hydrogen) atoms. The summed E-state index contributed by atoms with van der Waals surface area (Å²) in [6.07, 6.45) is 2.98. The maximum atomic E-state index is 11.7. The molecule has 0 radical (unpaired) electrons. The molecule has 116 valence electrons. The van der Waals surface area contributed by atoms with Gasteiger partial charge in [0, 0.05) is 6.54 Å². The maximum Gasteiger partial charge on any atom is 0.358 e. The largest absolute Gasteiger partial charge is 0.476 e. The molecule has 0 saturated carbocycles. The first-order valence-corrected chi connectivity index (χ1v) is 7.06. The molecule has 1 aromatic carbocycles. The Labute approximate surface area is 128 Å². The molecule has 1 heterocycles. The molecule has 0 aliphatic rings. The van der Waals surface area contributed by atoms with Crippen LogP contribution in [0.15, 0.2) is 30.5 Å². The molecule has 0 atom stereocenters. The Bertz CT molecular complexity index is 649. The quantitative estimate of drug-likeness (QED) is 0.792. The van der Waals surface area contributed by atoms with Crippen LogP contribution in [0.25, 0.3) is 0 Å². The van der Waals surface area contributed by atoms with Gasteiger partial charge in [-0.05, 0) is 24.0 Å². The van der Waals surface area contributed by atoms with Gasteiger partial charge in [-0.2, -0.15) is 0 Å². The zero-order valence-electron chi connectivity index (χ0n) is 12.3. The fourth-order valence-corrected chi connectivity index (χ4v) is 1.96. The predicted molar refractivity (Wildman–Crippen MR) is 79.5 cm³/mol. The second kappa shape index (κ2) is 7.35. The van der Waals surface area contributed by atoms with Crippen LogP contribution in [0, 0.1) is 0 Å². The Morgan fingerprint density at radius 2 is 1.91 bits per heavy atom. The van der Waals surface area contributed by atoms with Crippen molar-refractivity contribution in [2.45, 2.75) is 26.3 Å². The first-order valence-electron chi connectivity index (χ1n) is 7.06. The van der Waals surface area contributed by atoms with Gasteiger partial charge in [0.25, 0.3) is 0 Å². The summed E-state index contributed by atoms with van der Waals surface area (Å²) in [5, 5.41) is 18.5. The molecule has 0 fully saturated rings. The minimum Gasteiger partial charge on any atom is -0.476 e. The highest BCUT2D eigenvalue weighted by atomic mass is 16.4. The van der Waals surface area contributed by atoms with E-state index in [1.54, 1.807) is 0 Å². The van der Waals surface area contributed by atoms with Crippen molar-refractivity contribution in [3.05, 3.63) is 47.3 Å². The second-order valence-electron chi connectivity index (χ2n) is 4.88. The van der Waals surface area contributed by atoms with E-state index in [0.29, 0.717) is 6.54 Å². The fraction of sp³-hybridized carbons (Fsp3) is 0.333. The van der Waals surface area contributed by atoms with E-state index in [-0.39, 0.29) is 18.1 Å². The van der Waals surface area contributed by atoms with Crippen molar-refractivity contribution in [2.24, 2.45) is 0 Å². The van der Waals surface area contributed by atoms with E-state index < -0.39 is 5.97 Å². The summed E-state index contributed by atoms with van der Waals surface area (Å²) in [5.41, 5.74) is 2.27. The molecule has 2 N–H and O–H groups in total. The third kappa shape index (κ3) is 4.41. The molecule has 0 aliphatic heterocycles. The van der Waals surface area contributed by atoms with Crippen molar-refractivity contribution >= 4 is 11.9 Å². The molecule has 0 bridgehead atoms. The molecule has 1 amide bonds. The molecule has 0 spiro atoms. The van der Waals surface area contributed by atoms with Crippen LogP contribution in [0.2, 0.25) is 0 Å². The third-order valence-electron chi connectivity index (χ3n) is 3.23. The molecule has 2 rings (SSSR count). The number of aromatic carboxylic acids is 1. The van der Waals surface area contributed by atoms with Gasteiger partial charge in [0.05, 0.1) is 6.20 Å². The van der Waals surface area contributed by atoms with Crippen molar-refractivity contribution in [1.29, 1.82) is 0 Å². The van der Waals surface area contributed by atoms with E-state index in [2.05, 4.69) is 46.8 Å². The number of nitrogens with one attached hydrogen (secondary N) is 1. The van der Waals surface area contributed by atoms with Gasteiger partial charge in [-0.1, -0.05) is 36.4 Å². The summed E-state index contributed by atoms with van der Waals surface area (Å²) in [6.45, 7) is 2.58. The lowest BCUT2D eigenvalue weighted by Crippen LogP contribution is -2.29. The number of benzene rings is 1. The molecular weight excluding hydrogens is 284 g/mol. The van der Waals surface area contributed by atoms with E-state index >= 15 is 0 Å². The highest BCUT2D eigenvalue weighted by Gasteiger charge is 2.10. The highest BCUT2D eigenvalue weighted by Crippen LogP contribution is 2.05. The normalized spacial score (nSPS) is 10.4. The van der Waals surface area contributed by atoms with Crippen molar-refractivity contribution < 1.29 is 14.7 Å². The van der Waals surface area contributed by atoms with E-state index in [1.807, 2.05) is 0 Å². The minimum absolute atomic E-state index is 0.0466. The minimum atomic E-state index is -1.16. The maximum absolute atomic E-state index is 11.7. The van der Waals surface area contributed by atoms with E-state index in [4.69, 9.17) is 5.11 Å². The van der Waals surface area contributed by atoms with Crippen molar-refractivity contribution in [3.8, 4) is 0 Å². The zero-order chi connectivity index (χ0) is 15.9. The number of carboxylic acids is 1.